The van der Waals surface area contributed by atoms with Crippen molar-refractivity contribution in [3.63, 3.8) is 0 Å². The Morgan fingerprint density at radius 3 is 2.68 bits per heavy atom. The van der Waals surface area contributed by atoms with Gasteiger partial charge in [-0.05, 0) is 23.8 Å². The Bertz CT molecular complexity index is 760. The summed E-state index contributed by atoms with van der Waals surface area (Å²) in [6.45, 7) is 1.84. The van der Waals surface area contributed by atoms with Gasteiger partial charge in [-0.15, -0.1) is 0 Å². The molecule has 2 heterocycles. The quantitative estimate of drug-likeness (QED) is 0.796. The Morgan fingerprint density at radius 1 is 1.05 bits per heavy atom. The van der Waals surface area contributed by atoms with Crippen molar-refractivity contribution in [3.05, 3.63) is 65.9 Å². The number of benzene rings is 2. The lowest BCUT2D eigenvalue weighted by Crippen LogP contribution is -1.97. The minimum atomic E-state index is -0.280. The van der Waals surface area contributed by atoms with E-state index in [-0.39, 0.29) is 6.29 Å². The molecule has 0 unspecified atom stereocenters. The van der Waals surface area contributed by atoms with Gasteiger partial charge in [0.2, 0.25) is 0 Å². The predicted molar refractivity (Wildman–Crippen MR) is 83.7 cm³/mol. The molecule has 2 aromatic carbocycles. The number of H-pyrrole nitrogens is 1. The molecule has 1 fully saturated rings. The van der Waals surface area contributed by atoms with Crippen molar-refractivity contribution in [3.8, 4) is 5.75 Å². The molecule has 0 radical (unpaired) electrons. The molecule has 0 aliphatic carbocycles. The summed E-state index contributed by atoms with van der Waals surface area (Å²) in [5.74, 6) is 0.843. The Kier molecular flexibility index (Phi) is 3.54. The molecule has 0 bridgehead atoms. The lowest BCUT2D eigenvalue weighted by Gasteiger charge is -2.09. The first-order valence-electron chi connectivity index (χ1n) is 7.41. The number of rotatable bonds is 4. The number of aromatic amines is 1. The highest BCUT2D eigenvalue weighted by Gasteiger charge is 2.21. The first kappa shape index (κ1) is 13.4. The molecule has 4 nitrogen and oxygen atoms in total. The molecule has 1 aromatic heterocycles. The maximum atomic E-state index is 5.89. The third-order valence-corrected chi connectivity index (χ3v) is 3.81. The summed E-state index contributed by atoms with van der Waals surface area (Å²) < 4.78 is 17.1. The first-order chi connectivity index (χ1) is 10.9. The molecule has 3 aromatic rings. The van der Waals surface area contributed by atoms with E-state index in [9.17, 15) is 0 Å². The third-order valence-electron chi connectivity index (χ3n) is 3.81. The highest BCUT2D eigenvalue weighted by molar-refractivity contribution is 5.84. The number of fused-ring (bicyclic) bond motifs is 1. The van der Waals surface area contributed by atoms with E-state index in [0.29, 0.717) is 19.8 Å². The minimum absolute atomic E-state index is 0.280. The van der Waals surface area contributed by atoms with Gasteiger partial charge < -0.3 is 19.2 Å². The maximum Gasteiger partial charge on any atom is 0.186 e. The zero-order valence-electron chi connectivity index (χ0n) is 12.1. The molecule has 1 aliphatic rings. The molecule has 1 aliphatic heterocycles. The van der Waals surface area contributed by atoms with Gasteiger partial charge in [-0.1, -0.05) is 30.3 Å². The van der Waals surface area contributed by atoms with Crippen molar-refractivity contribution >= 4 is 10.9 Å². The molecule has 1 saturated heterocycles. The van der Waals surface area contributed by atoms with Crippen LogP contribution in [-0.2, 0) is 16.1 Å². The van der Waals surface area contributed by atoms with Gasteiger partial charge >= 0.3 is 0 Å². The van der Waals surface area contributed by atoms with Crippen LogP contribution in [0.2, 0.25) is 0 Å². The fraction of sp³-hybridized carbons (Fsp3) is 0.222. The average molecular weight is 295 g/mol. The van der Waals surface area contributed by atoms with E-state index in [1.165, 1.54) is 0 Å². The second kappa shape index (κ2) is 5.83. The maximum absolute atomic E-state index is 5.89. The summed E-state index contributed by atoms with van der Waals surface area (Å²) in [5.41, 5.74) is 3.23. The van der Waals surface area contributed by atoms with Gasteiger partial charge in [0.1, 0.15) is 12.4 Å². The molecule has 22 heavy (non-hydrogen) atoms. The van der Waals surface area contributed by atoms with Crippen LogP contribution >= 0.6 is 0 Å². The summed E-state index contributed by atoms with van der Waals surface area (Å²) in [4.78, 5) is 3.25. The van der Waals surface area contributed by atoms with Gasteiger partial charge in [-0.25, -0.2) is 0 Å². The van der Waals surface area contributed by atoms with Crippen LogP contribution < -0.4 is 4.74 Å². The monoisotopic (exact) mass is 295 g/mol. The average Bonchev–Trinajstić information content (AvgIpc) is 3.22. The highest BCUT2D eigenvalue weighted by Crippen LogP contribution is 2.32. The molecule has 0 saturated carbocycles. The van der Waals surface area contributed by atoms with E-state index in [1.807, 2.05) is 42.6 Å². The van der Waals surface area contributed by atoms with E-state index in [1.54, 1.807) is 0 Å². The van der Waals surface area contributed by atoms with Crippen molar-refractivity contribution in [2.75, 3.05) is 13.2 Å². The standard InChI is InChI=1S/C18H17NO3/c1-2-4-13(5-3-1)12-22-14-6-7-17-15(10-14)16(11-19-17)18-20-8-9-21-18/h1-7,10-11,18-19H,8-9,12H2. The number of aromatic nitrogens is 1. The van der Waals surface area contributed by atoms with E-state index >= 15 is 0 Å². The van der Waals surface area contributed by atoms with Crippen molar-refractivity contribution in [2.45, 2.75) is 12.9 Å². The number of ether oxygens (including phenoxy) is 3. The van der Waals surface area contributed by atoms with Gasteiger partial charge in [0.25, 0.3) is 0 Å². The summed E-state index contributed by atoms with van der Waals surface area (Å²) >= 11 is 0. The fourth-order valence-corrected chi connectivity index (χ4v) is 2.68. The van der Waals surface area contributed by atoms with Crippen molar-refractivity contribution in [2.24, 2.45) is 0 Å². The smallest absolute Gasteiger partial charge is 0.186 e. The summed E-state index contributed by atoms with van der Waals surface area (Å²) in [6.07, 6.45) is 1.67. The van der Waals surface area contributed by atoms with Crippen LogP contribution in [0.25, 0.3) is 10.9 Å². The molecular weight excluding hydrogens is 278 g/mol. The van der Waals surface area contributed by atoms with Crippen LogP contribution in [0.4, 0.5) is 0 Å². The van der Waals surface area contributed by atoms with Crippen LogP contribution in [-0.4, -0.2) is 18.2 Å². The molecule has 4 heteroatoms. The lowest BCUT2D eigenvalue weighted by atomic mass is 10.1. The zero-order chi connectivity index (χ0) is 14.8. The van der Waals surface area contributed by atoms with Gasteiger partial charge in [-0.3, -0.25) is 0 Å². The predicted octanol–water partition coefficient (Wildman–Crippen LogP) is 3.79. The Morgan fingerprint density at radius 2 is 1.86 bits per heavy atom. The second-order valence-corrected chi connectivity index (χ2v) is 5.30. The van der Waals surface area contributed by atoms with Gasteiger partial charge in [0.15, 0.2) is 6.29 Å². The minimum Gasteiger partial charge on any atom is -0.489 e. The Hall–Kier alpha value is -2.30. The van der Waals surface area contributed by atoms with Crippen molar-refractivity contribution in [1.29, 1.82) is 0 Å². The highest BCUT2D eigenvalue weighted by atomic mass is 16.7. The topological polar surface area (TPSA) is 43.5 Å². The van der Waals surface area contributed by atoms with Gasteiger partial charge in [0, 0.05) is 22.7 Å². The van der Waals surface area contributed by atoms with E-state index < -0.39 is 0 Å². The largest absolute Gasteiger partial charge is 0.489 e. The fourth-order valence-electron chi connectivity index (χ4n) is 2.68. The SMILES string of the molecule is c1ccc(COc2ccc3[nH]cc(C4OCCO4)c3c2)cc1. The van der Waals surface area contributed by atoms with Gasteiger partial charge in [-0.2, -0.15) is 0 Å². The van der Waals surface area contributed by atoms with Crippen LogP contribution in [0.15, 0.2) is 54.7 Å². The van der Waals surface area contributed by atoms with Gasteiger partial charge in [0.05, 0.1) is 13.2 Å². The number of hydrogen-bond acceptors (Lipinski definition) is 3. The summed E-state index contributed by atoms with van der Waals surface area (Å²) in [7, 11) is 0. The number of nitrogens with one attached hydrogen (secondary N) is 1. The van der Waals surface area contributed by atoms with E-state index in [0.717, 1.165) is 27.8 Å². The van der Waals surface area contributed by atoms with Crippen LogP contribution in [0, 0.1) is 0 Å². The molecule has 0 atom stereocenters. The number of hydrogen-bond donors (Lipinski definition) is 1. The molecule has 4 rings (SSSR count). The Balaban J connectivity index is 1.58. The van der Waals surface area contributed by atoms with E-state index in [4.69, 9.17) is 14.2 Å². The lowest BCUT2D eigenvalue weighted by molar-refractivity contribution is -0.0429. The van der Waals surface area contributed by atoms with Crippen molar-refractivity contribution in [1.82, 2.24) is 4.98 Å². The van der Waals surface area contributed by atoms with Crippen LogP contribution in [0.5, 0.6) is 5.75 Å². The molecule has 0 spiro atoms. The normalized spacial score (nSPS) is 15.5. The van der Waals surface area contributed by atoms with Crippen LogP contribution in [0.1, 0.15) is 17.4 Å². The Labute approximate surface area is 128 Å². The molecule has 0 amide bonds. The van der Waals surface area contributed by atoms with Crippen LogP contribution in [0.3, 0.4) is 0 Å². The first-order valence-corrected chi connectivity index (χ1v) is 7.41. The molecular formula is C18H17NO3. The van der Waals surface area contributed by atoms with E-state index in [2.05, 4.69) is 17.1 Å². The molecule has 112 valence electrons. The third kappa shape index (κ3) is 2.58. The summed E-state index contributed by atoms with van der Waals surface area (Å²) in [6, 6.07) is 16.2. The zero-order valence-corrected chi connectivity index (χ0v) is 12.1. The summed E-state index contributed by atoms with van der Waals surface area (Å²) in [5, 5.41) is 1.08. The van der Waals surface area contributed by atoms with Crippen molar-refractivity contribution < 1.29 is 14.2 Å². The second-order valence-electron chi connectivity index (χ2n) is 5.30. The molecule has 1 N–H and O–H groups in total.